The van der Waals surface area contributed by atoms with Crippen molar-refractivity contribution in [1.29, 1.82) is 0 Å². The van der Waals surface area contributed by atoms with Gasteiger partial charge in [0, 0.05) is 0 Å². The fraction of sp³-hybridized carbons (Fsp3) is 0.174. The second-order valence-corrected chi connectivity index (χ2v) is 8.03. The molecule has 0 radical (unpaired) electrons. The molecule has 0 saturated heterocycles. The minimum Gasteiger partial charge on any atom is -0.495 e. The van der Waals surface area contributed by atoms with E-state index in [9.17, 15) is 13.2 Å². The summed E-state index contributed by atoms with van der Waals surface area (Å²) in [5.74, 6) is 0.383. The van der Waals surface area contributed by atoms with Crippen molar-refractivity contribution in [1.82, 2.24) is 0 Å². The number of benzene rings is 3. The van der Waals surface area contributed by atoms with E-state index in [0.717, 1.165) is 5.56 Å². The van der Waals surface area contributed by atoms with Gasteiger partial charge >= 0.3 is 16.1 Å². The lowest BCUT2D eigenvalue weighted by molar-refractivity contribution is 0.0450. The number of rotatable bonds is 9. The van der Waals surface area contributed by atoms with Crippen LogP contribution < -0.4 is 13.7 Å². The van der Waals surface area contributed by atoms with E-state index in [1.807, 2.05) is 18.2 Å². The summed E-state index contributed by atoms with van der Waals surface area (Å²) >= 11 is 0. The van der Waals surface area contributed by atoms with Crippen LogP contribution in [0, 0.1) is 6.92 Å². The fourth-order valence-corrected chi connectivity index (χ4v) is 3.87. The van der Waals surface area contributed by atoms with Crippen molar-refractivity contribution < 1.29 is 31.6 Å². The summed E-state index contributed by atoms with van der Waals surface area (Å²) in [6.45, 7) is 2.06. The molecule has 0 aliphatic heterocycles. The zero-order valence-electron chi connectivity index (χ0n) is 17.1. The molecule has 0 aliphatic rings. The van der Waals surface area contributed by atoms with Gasteiger partial charge < -0.3 is 18.4 Å². The highest BCUT2D eigenvalue weighted by Gasteiger charge is 2.22. The van der Waals surface area contributed by atoms with Crippen molar-refractivity contribution in [3.05, 3.63) is 83.9 Å². The van der Waals surface area contributed by atoms with Gasteiger partial charge in [-0.25, -0.2) is 4.79 Å². The van der Waals surface area contributed by atoms with Gasteiger partial charge in [-0.15, -0.1) is 0 Å². The molecule has 3 aromatic carbocycles. The highest BCUT2D eigenvalue weighted by Crippen LogP contribution is 2.28. The number of hydrogen-bond donors (Lipinski definition) is 0. The molecule has 0 atom stereocenters. The minimum atomic E-state index is -4.11. The molecule has 0 N–H and O–H groups in total. The Kier molecular flexibility index (Phi) is 7.15. The van der Waals surface area contributed by atoms with Gasteiger partial charge in [0.2, 0.25) is 0 Å². The molecule has 31 heavy (non-hydrogen) atoms. The van der Waals surface area contributed by atoms with Gasteiger partial charge in [0.15, 0.2) is 0 Å². The predicted molar refractivity (Wildman–Crippen MR) is 114 cm³/mol. The third kappa shape index (κ3) is 5.99. The Morgan fingerprint density at radius 1 is 0.871 bits per heavy atom. The van der Waals surface area contributed by atoms with Crippen LogP contribution in [0.15, 0.2) is 77.7 Å². The summed E-state index contributed by atoms with van der Waals surface area (Å²) in [4.78, 5) is 12.1. The molecule has 8 heteroatoms. The number of ether oxygens (including phenoxy) is 3. The molecule has 0 fully saturated rings. The zero-order valence-corrected chi connectivity index (χ0v) is 17.9. The Morgan fingerprint density at radius 3 is 2.26 bits per heavy atom. The van der Waals surface area contributed by atoms with Crippen LogP contribution >= 0.6 is 0 Å². The third-order valence-corrected chi connectivity index (χ3v) is 5.48. The first-order valence-electron chi connectivity index (χ1n) is 9.43. The fourth-order valence-electron chi connectivity index (χ4n) is 2.69. The average molecular weight is 442 g/mol. The highest BCUT2D eigenvalue weighted by atomic mass is 32.2. The van der Waals surface area contributed by atoms with Crippen LogP contribution in [0.1, 0.15) is 15.9 Å². The van der Waals surface area contributed by atoms with Gasteiger partial charge in [-0.3, -0.25) is 0 Å². The molecule has 0 bridgehead atoms. The monoisotopic (exact) mass is 442 g/mol. The van der Waals surface area contributed by atoms with E-state index in [4.69, 9.17) is 18.4 Å². The molecule has 7 nitrogen and oxygen atoms in total. The molecule has 3 rings (SSSR count). The maximum absolute atomic E-state index is 12.6. The van der Waals surface area contributed by atoms with E-state index in [1.165, 1.54) is 37.4 Å². The predicted octanol–water partition coefficient (Wildman–Crippen LogP) is 4.01. The number of hydrogen-bond acceptors (Lipinski definition) is 7. The van der Waals surface area contributed by atoms with E-state index in [-0.39, 0.29) is 35.2 Å². The lowest BCUT2D eigenvalue weighted by Crippen LogP contribution is -2.13. The largest absolute Gasteiger partial charge is 0.495 e. The normalized spacial score (nSPS) is 10.9. The quantitative estimate of drug-likeness (QED) is 0.281. The Balaban J connectivity index is 1.58. The highest BCUT2D eigenvalue weighted by molar-refractivity contribution is 7.87. The van der Waals surface area contributed by atoms with Gasteiger partial charge in [0.05, 0.1) is 12.7 Å². The molecule has 3 aromatic rings. The molecule has 0 unspecified atom stereocenters. The molecule has 0 saturated carbocycles. The van der Waals surface area contributed by atoms with Crippen LogP contribution in [-0.2, 0) is 14.9 Å². The van der Waals surface area contributed by atoms with E-state index in [0.29, 0.717) is 5.75 Å². The maximum atomic E-state index is 12.6. The molecular formula is C23H22O7S. The number of esters is 1. The summed E-state index contributed by atoms with van der Waals surface area (Å²) in [6.07, 6.45) is 0. The van der Waals surface area contributed by atoms with Gasteiger partial charge in [0.25, 0.3) is 0 Å². The van der Waals surface area contributed by atoms with Crippen molar-refractivity contribution in [3.8, 4) is 17.2 Å². The summed E-state index contributed by atoms with van der Waals surface area (Å²) in [5, 5.41) is 0. The Morgan fingerprint density at radius 2 is 1.58 bits per heavy atom. The number of aryl methyl sites for hydroxylation is 1. The second kappa shape index (κ2) is 9.99. The van der Waals surface area contributed by atoms with Crippen molar-refractivity contribution >= 4 is 16.1 Å². The standard InChI is InChI=1S/C23H22O7S/c1-17-8-13-21(27-2)22(16-17)31(25,26)30-20-11-9-18(10-12-20)23(24)29-15-14-28-19-6-4-3-5-7-19/h3-13,16H,14-15H2,1-2H3. The van der Waals surface area contributed by atoms with E-state index < -0.39 is 16.1 Å². The number of carbonyl (C=O) groups excluding carboxylic acids is 1. The summed E-state index contributed by atoms with van der Waals surface area (Å²) in [5.41, 5.74) is 1.01. The number of carbonyl (C=O) groups is 1. The van der Waals surface area contributed by atoms with E-state index in [2.05, 4.69) is 0 Å². The SMILES string of the molecule is COc1ccc(C)cc1S(=O)(=O)Oc1ccc(C(=O)OCCOc2ccccc2)cc1. The minimum absolute atomic E-state index is 0.0625. The first kappa shape index (κ1) is 22.2. The van der Waals surface area contributed by atoms with Crippen LogP contribution in [0.5, 0.6) is 17.2 Å². The van der Waals surface area contributed by atoms with Gasteiger partial charge in [-0.05, 0) is 61.0 Å². The number of methoxy groups -OCH3 is 1. The van der Waals surface area contributed by atoms with Gasteiger partial charge in [0.1, 0.15) is 35.4 Å². The molecule has 0 aromatic heterocycles. The van der Waals surface area contributed by atoms with Crippen molar-refractivity contribution in [2.24, 2.45) is 0 Å². The van der Waals surface area contributed by atoms with Crippen LogP contribution in [0.25, 0.3) is 0 Å². The lowest BCUT2D eigenvalue weighted by Gasteiger charge is -2.12. The second-order valence-electron chi connectivity index (χ2n) is 6.51. The first-order valence-corrected chi connectivity index (χ1v) is 10.8. The van der Waals surface area contributed by atoms with Crippen LogP contribution in [0.3, 0.4) is 0 Å². The van der Waals surface area contributed by atoms with Gasteiger partial charge in [-0.2, -0.15) is 8.42 Å². The van der Waals surface area contributed by atoms with Crippen molar-refractivity contribution in [2.45, 2.75) is 11.8 Å². The summed E-state index contributed by atoms with van der Waals surface area (Å²) in [7, 11) is -2.73. The van der Waals surface area contributed by atoms with Crippen molar-refractivity contribution in [2.75, 3.05) is 20.3 Å². The van der Waals surface area contributed by atoms with Crippen LogP contribution in [0.4, 0.5) is 0 Å². The molecule has 0 aliphatic carbocycles. The molecule has 0 heterocycles. The molecular weight excluding hydrogens is 420 g/mol. The maximum Gasteiger partial charge on any atom is 0.342 e. The Labute approximate surface area is 181 Å². The van der Waals surface area contributed by atoms with Crippen LogP contribution in [-0.4, -0.2) is 34.7 Å². The smallest absolute Gasteiger partial charge is 0.342 e. The Hall–Kier alpha value is -3.52. The van der Waals surface area contributed by atoms with Crippen LogP contribution in [0.2, 0.25) is 0 Å². The molecule has 162 valence electrons. The van der Waals surface area contributed by atoms with E-state index >= 15 is 0 Å². The summed E-state index contributed by atoms with van der Waals surface area (Å²) in [6, 6.07) is 19.6. The molecule has 0 amide bonds. The van der Waals surface area contributed by atoms with Gasteiger partial charge in [-0.1, -0.05) is 24.3 Å². The van der Waals surface area contributed by atoms with E-state index in [1.54, 1.807) is 31.2 Å². The number of para-hydroxylation sites is 1. The zero-order chi connectivity index (χ0) is 22.3. The topological polar surface area (TPSA) is 88.1 Å². The Bertz CT molecular complexity index is 1120. The third-order valence-electron chi connectivity index (χ3n) is 4.21. The van der Waals surface area contributed by atoms with Crippen molar-refractivity contribution in [3.63, 3.8) is 0 Å². The summed E-state index contributed by atoms with van der Waals surface area (Å²) < 4.78 is 46.2. The molecule has 0 spiro atoms. The lowest BCUT2D eigenvalue weighted by atomic mass is 10.2. The average Bonchev–Trinajstić information content (AvgIpc) is 2.77. The first-order chi connectivity index (χ1) is 14.9.